The van der Waals surface area contributed by atoms with Crippen molar-refractivity contribution in [2.24, 2.45) is 0 Å². The summed E-state index contributed by atoms with van der Waals surface area (Å²) in [5.74, 6) is -52.7. The second kappa shape index (κ2) is 6.63. The first-order valence-corrected chi connectivity index (χ1v) is 6.04. The van der Waals surface area contributed by atoms with Crippen LogP contribution in [-0.4, -0.2) is 54.3 Å². The Morgan fingerprint density at radius 3 is 0.857 bits per heavy atom. The van der Waals surface area contributed by atoms with Crippen LogP contribution in [0.2, 0.25) is 0 Å². The first-order valence-electron chi connectivity index (χ1n) is 6.04. The minimum absolute atomic E-state index is 3.79. The molecule has 0 radical (unpaired) electrons. The third-order valence-corrected chi connectivity index (χ3v) is 3.13. The number of rotatable bonds is 8. The Labute approximate surface area is 141 Å². The molecule has 0 rings (SSSR count). The van der Waals surface area contributed by atoms with Crippen molar-refractivity contribution in [3.63, 3.8) is 0 Å². The molecule has 0 fully saturated rings. The van der Waals surface area contributed by atoms with Crippen molar-refractivity contribution in [1.29, 1.82) is 0 Å². The van der Waals surface area contributed by atoms with Gasteiger partial charge in [0.25, 0.3) is 0 Å². The summed E-state index contributed by atoms with van der Waals surface area (Å²) in [7, 11) is 0. The van der Waals surface area contributed by atoms with E-state index in [9.17, 15) is 79.0 Å². The van der Waals surface area contributed by atoms with Crippen LogP contribution in [0.3, 0.4) is 0 Å². The third kappa shape index (κ3) is 3.66. The molecule has 0 bridgehead atoms. The average Bonchev–Trinajstić information content (AvgIpc) is 2.43. The maximum Gasteiger partial charge on any atom is 0.460 e. The molecule has 0 saturated heterocycles. The Bertz CT molecular complexity index is 553. The van der Waals surface area contributed by atoms with Gasteiger partial charge in [0.2, 0.25) is 0 Å². The molecule has 0 aromatic carbocycles. The molecular formula is C10H4F18. The number of hydrogen-bond donors (Lipinski definition) is 0. The van der Waals surface area contributed by atoms with Gasteiger partial charge in [-0.3, -0.25) is 0 Å². The fourth-order valence-corrected chi connectivity index (χ4v) is 1.45. The lowest BCUT2D eigenvalue weighted by atomic mass is 9.91. The second-order valence-electron chi connectivity index (χ2n) is 5.22. The van der Waals surface area contributed by atoms with E-state index in [1.807, 2.05) is 0 Å². The Morgan fingerprint density at radius 2 is 0.607 bits per heavy atom. The molecule has 0 aliphatic carbocycles. The van der Waals surface area contributed by atoms with Crippen LogP contribution in [0, 0.1) is 0 Å². The highest BCUT2D eigenvalue weighted by molar-refractivity contribution is 5.08. The van der Waals surface area contributed by atoms with Gasteiger partial charge in [0.15, 0.2) is 6.67 Å². The van der Waals surface area contributed by atoms with E-state index >= 15 is 0 Å². The molecule has 0 amide bonds. The topological polar surface area (TPSA) is 0 Å². The van der Waals surface area contributed by atoms with Crippen molar-refractivity contribution in [3.05, 3.63) is 0 Å². The van der Waals surface area contributed by atoms with Crippen LogP contribution in [0.5, 0.6) is 0 Å². The van der Waals surface area contributed by atoms with Gasteiger partial charge in [0.1, 0.15) is 0 Å². The van der Waals surface area contributed by atoms with Crippen molar-refractivity contribution >= 4 is 0 Å². The Hall–Kier alpha value is -1.26. The lowest BCUT2D eigenvalue weighted by Crippen LogP contribution is -2.67. The number of alkyl halides is 18. The van der Waals surface area contributed by atoms with Gasteiger partial charge in [-0.1, -0.05) is 0 Å². The van der Waals surface area contributed by atoms with Crippen LogP contribution < -0.4 is 0 Å². The van der Waals surface area contributed by atoms with Gasteiger partial charge in [0, 0.05) is 0 Å². The molecule has 0 heterocycles. The van der Waals surface area contributed by atoms with E-state index in [2.05, 4.69) is 0 Å². The van der Waals surface area contributed by atoms with Crippen LogP contribution in [0.4, 0.5) is 79.0 Å². The quantitative estimate of drug-likeness (QED) is 0.366. The largest absolute Gasteiger partial charge is 0.460 e. The summed E-state index contributed by atoms with van der Waals surface area (Å²) < 4.78 is 226. The molecule has 0 atom stereocenters. The lowest BCUT2D eigenvalue weighted by Gasteiger charge is -2.39. The molecule has 0 aliphatic heterocycles. The van der Waals surface area contributed by atoms with Gasteiger partial charge in [0.05, 0.1) is 6.42 Å². The minimum Gasteiger partial charge on any atom is -0.244 e. The summed E-state index contributed by atoms with van der Waals surface area (Å²) in [5.41, 5.74) is 0. The molecular weight excluding hydrogens is 462 g/mol. The zero-order valence-corrected chi connectivity index (χ0v) is 12.2. The molecule has 170 valence electrons. The molecule has 0 saturated carbocycles. The molecule has 18 heteroatoms. The zero-order chi connectivity index (χ0) is 23.4. The predicted octanol–water partition coefficient (Wildman–Crippen LogP) is 6.36. The van der Waals surface area contributed by atoms with E-state index in [4.69, 9.17) is 0 Å². The fourth-order valence-electron chi connectivity index (χ4n) is 1.45. The molecule has 0 nitrogen and oxygen atoms in total. The Balaban J connectivity index is 6.23. The second-order valence-corrected chi connectivity index (χ2v) is 5.22. The van der Waals surface area contributed by atoms with E-state index in [0.29, 0.717) is 0 Å². The van der Waals surface area contributed by atoms with E-state index < -0.39 is 60.7 Å². The molecule has 0 N–H and O–H groups in total. The highest BCUT2D eigenvalue weighted by Gasteiger charge is 2.86. The monoisotopic (exact) mass is 466 g/mol. The smallest absolute Gasteiger partial charge is 0.244 e. The highest BCUT2D eigenvalue weighted by atomic mass is 19.4. The van der Waals surface area contributed by atoms with Gasteiger partial charge in [-0.2, -0.15) is 74.6 Å². The average molecular weight is 466 g/mol. The summed E-state index contributed by atoms with van der Waals surface area (Å²) in [6.07, 6.45) is -12.4. The Morgan fingerprint density at radius 1 is 0.357 bits per heavy atom. The van der Waals surface area contributed by atoms with Gasteiger partial charge in [-0.15, -0.1) is 0 Å². The first-order chi connectivity index (χ1) is 11.8. The molecule has 0 aliphatic rings. The lowest BCUT2D eigenvalue weighted by molar-refractivity contribution is -0.414. The van der Waals surface area contributed by atoms with Gasteiger partial charge in [-0.25, -0.2) is 4.39 Å². The first kappa shape index (κ1) is 26.7. The van der Waals surface area contributed by atoms with Crippen molar-refractivity contribution in [2.45, 2.75) is 54.1 Å². The van der Waals surface area contributed by atoms with Crippen LogP contribution in [0.15, 0.2) is 0 Å². The van der Waals surface area contributed by atoms with Crippen molar-refractivity contribution < 1.29 is 79.0 Å². The highest BCUT2D eigenvalue weighted by Crippen LogP contribution is 2.59. The van der Waals surface area contributed by atoms with Crippen LogP contribution in [0.25, 0.3) is 0 Å². The predicted molar refractivity (Wildman–Crippen MR) is 51.3 cm³/mol. The van der Waals surface area contributed by atoms with E-state index in [0.717, 1.165) is 0 Å². The summed E-state index contributed by atoms with van der Waals surface area (Å²) in [6.45, 7) is -3.79. The van der Waals surface area contributed by atoms with Crippen molar-refractivity contribution in [3.8, 4) is 0 Å². The SMILES string of the molecule is FCC(F)(F)C(F)(F)C(F)(F)C(F)(F)CC(F)(F)C(F)(F)C(F)(F)C(F)(F)F. The fraction of sp³-hybridized carbons (Fsp3) is 1.00. The van der Waals surface area contributed by atoms with Crippen LogP contribution in [0.1, 0.15) is 6.42 Å². The molecule has 0 aromatic rings. The number of halogens is 18. The van der Waals surface area contributed by atoms with E-state index in [1.165, 1.54) is 0 Å². The Kier molecular flexibility index (Phi) is 6.33. The maximum absolute atomic E-state index is 13.0. The van der Waals surface area contributed by atoms with Gasteiger partial charge < -0.3 is 0 Å². The van der Waals surface area contributed by atoms with Gasteiger partial charge >= 0.3 is 47.6 Å². The normalized spacial score (nSPS) is 16.5. The minimum atomic E-state index is -7.91. The molecule has 0 aromatic heterocycles. The summed E-state index contributed by atoms with van der Waals surface area (Å²) >= 11 is 0. The third-order valence-electron chi connectivity index (χ3n) is 3.13. The summed E-state index contributed by atoms with van der Waals surface area (Å²) in [6, 6.07) is 0. The van der Waals surface area contributed by atoms with Crippen molar-refractivity contribution in [2.75, 3.05) is 6.67 Å². The van der Waals surface area contributed by atoms with E-state index in [-0.39, 0.29) is 0 Å². The van der Waals surface area contributed by atoms with Crippen LogP contribution >= 0.6 is 0 Å². The summed E-state index contributed by atoms with van der Waals surface area (Å²) in [4.78, 5) is 0. The van der Waals surface area contributed by atoms with Gasteiger partial charge in [-0.05, 0) is 0 Å². The van der Waals surface area contributed by atoms with Crippen molar-refractivity contribution in [1.82, 2.24) is 0 Å². The summed E-state index contributed by atoms with van der Waals surface area (Å²) in [5, 5.41) is 0. The zero-order valence-electron chi connectivity index (χ0n) is 12.2. The standard InChI is InChI=1S/C10H4F18/c11-2-5(16,17)8(22,23)6(18,19)3(12,13)1-4(14,15)7(20,21)9(24,25)10(26,27)28/h1-2H2. The molecule has 0 spiro atoms. The molecule has 0 unspecified atom stereocenters. The maximum atomic E-state index is 13.0. The molecule has 28 heavy (non-hydrogen) atoms. The van der Waals surface area contributed by atoms with E-state index in [1.54, 1.807) is 0 Å². The number of hydrogen-bond acceptors (Lipinski definition) is 0. The van der Waals surface area contributed by atoms with Crippen LogP contribution in [-0.2, 0) is 0 Å².